The van der Waals surface area contributed by atoms with Gasteiger partial charge in [-0.2, -0.15) is 13.2 Å². The standard InChI is InChI=1S/C14H18BrF3N2/c15-12-3-1-2-11(10-12)13(4-5-14(16,17)18)20-8-6-19-7-9-20/h1-3,10,13,19H,4-9H2/t13-/m1/s1. The number of hydrogen-bond acceptors (Lipinski definition) is 2. The van der Waals surface area contributed by atoms with Gasteiger partial charge in [-0.25, -0.2) is 0 Å². The first-order valence-electron chi connectivity index (χ1n) is 6.73. The molecule has 0 amide bonds. The number of nitrogens with one attached hydrogen (secondary N) is 1. The van der Waals surface area contributed by atoms with Crippen molar-refractivity contribution in [2.24, 2.45) is 0 Å². The van der Waals surface area contributed by atoms with E-state index >= 15 is 0 Å². The van der Waals surface area contributed by atoms with Crippen LogP contribution < -0.4 is 5.32 Å². The fourth-order valence-corrected chi connectivity index (χ4v) is 2.99. The van der Waals surface area contributed by atoms with E-state index in [1.807, 2.05) is 24.3 Å². The molecule has 1 saturated heterocycles. The average molecular weight is 351 g/mol. The molecule has 1 fully saturated rings. The van der Waals surface area contributed by atoms with Crippen LogP contribution in [0.3, 0.4) is 0 Å². The highest BCUT2D eigenvalue weighted by atomic mass is 79.9. The molecule has 112 valence electrons. The lowest BCUT2D eigenvalue weighted by molar-refractivity contribution is -0.138. The predicted octanol–water partition coefficient (Wildman–Crippen LogP) is 3.74. The molecule has 6 heteroatoms. The first-order chi connectivity index (χ1) is 9.46. The van der Waals surface area contributed by atoms with Gasteiger partial charge < -0.3 is 5.32 Å². The van der Waals surface area contributed by atoms with Gasteiger partial charge in [0.25, 0.3) is 0 Å². The number of alkyl halides is 3. The van der Waals surface area contributed by atoms with Crippen molar-refractivity contribution in [1.29, 1.82) is 0 Å². The molecular formula is C14H18BrF3N2. The highest BCUT2D eigenvalue weighted by Gasteiger charge is 2.31. The zero-order valence-corrected chi connectivity index (χ0v) is 12.7. The maximum absolute atomic E-state index is 12.5. The van der Waals surface area contributed by atoms with Crippen molar-refractivity contribution in [2.45, 2.75) is 25.1 Å². The summed E-state index contributed by atoms with van der Waals surface area (Å²) in [7, 11) is 0. The van der Waals surface area contributed by atoms with Crippen molar-refractivity contribution >= 4 is 15.9 Å². The van der Waals surface area contributed by atoms with E-state index in [2.05, 4.69) is 26.1 Å². The monoisotopic (exact) mass is 350 g/mol. The van der Waals surface area contributed by atoms with E-state index in [0.717, 1.165) is 36.2 Å². The summed E-state index contributed by atoms with van der Waals surface area (Å²) >= 11 is 3.39. The molecule has 0 spiro atoms. The van der Waals surface area contributed by atoms with Crippen molar-refractivity contribution in [1.82, 2.24) is 10.2 Å². The third-order valence-electron chi connectivity index (χ3n) is 3.53. The Morgan fingerprint density at radius 2 is 1.95 bits per heavy atom. The summed E-state index contributed by atoms with van der Waals surface area (Å²) in [6.07, 6.45) is -4.73. The van der Waals surface area contributed by atoms with E-state index in [4.69, 9.17) is 0 Å². The molecule has 2 rings (SSSR count). The minimum Gasteiger partial charge on any atom is -0.314 e. The lowest BCUT2D eigenvalue weighted by Crippen LogP contribution is -2.45. The summed E-state index contributed by atoms with van der Waals surface area (Å²) in [5.74, 6) is 0. The Hall–Kier alpha value is -0.590. The van der Waals surface area contributed by atoms with E-state index < -0.39 is 12.6 Å². The van der Waals surface area contributed by atoms with Gasteiger partial charge in [0.1, 0.15) is 0 Å². The van der Waals surface area contributed by atoms with Crippen LogP contribution in [-0.2, 0) is 0 Å². The average Bonchev–Trinajstić information content (AvgIpc) is 2.39. The third-order valence-corrected chi connectivity index (χ3v) is 4.02. The normalized spacial score (nSPS) is 19.0. The van der Waals surface area contributed by atoms with E-state index in [9.17, 15) is 13.2 Å². The molecule has 0 saturated carbocycles. The maximum Gasteiger partial charge on any atom is 0.389 e. The molecule has 1 atom stereocenters. The summed E-state index contributed by atoms with van der Waals surface area (Å²) < 4.78 is 38.5. The molecule has 0 radical (unpaired) electrons. The predicted molar refractivity (Wildman–Crippen MR) is 76.6 cm³/mol. The smallest absolute Gasteiger partial charge is 0.314 e. The molecule has 0 aromatic heterocycles. The molecule has 0 unspecified atom stereocenters. The van der Waals surface area contributed by atoms with Gasteiger partial charge in [0.2, 0.25) is 0 Å². The van der Waals surface area contributed by atoms with Crippen molar-refractivity contribution in [2.75, 3.05) is 26.2 Å². The molecule has 20 heavy (non-hydrogen) atoms. The Kier molecular flexibility index (Phi) is 5.46. The van der Waals surface area contributed by atoms with Crippen molar-refractivity contribution < 1.29 is 13.2 Å². The number of benzene rings is 1. The first kappa shape index (κ1) is 15.8. The van der Waals surface area contributed by atoms with Crippen LogP contribution in [0.1, 0.15) is 24.4 Å². The molecule has 0 bridgehead atoms. The molecule has 1 aliphatic heterocycles. The fourth-order valence-electron chi connectivity index (χ4n) is 2.57. The minimum atomic E-state index is -4.10. The molecule has 1 aromatic rings. The van der Waals surface area contributed by atoms with Gasteiger partial charge in [0.15, 0.2) is 0 Å². The number of nitrogens with zero attached hydrogens (tertiary/aromatic N) is 1. The highest BCUT2D eigenvalue weighted by molar-refractivity contribution is 9.10. The Morgan fingerprint density at radius 1 is 1.25 bits per heavy atom. The van der Waals surface area contributed by atoms with Crippen LogP contribution >= 0.6 is 15.9 Å². The maximum atomic E-state index is 12.5. The second-order valence-corrected chi connectivity index (χ2v) is 5.93. The SMILES string of the molecule is FC(F)(F)CC[C@H](c1cccc(Br)c1)N1CCNCC1. The zero-order chi connectivity index (χ0) is 14.6. The number of halogens is 4. The molecule has 2 nitrogen and oxygen atoms in total. The van der Waals surface area contributed by atoms with E-state index in [0.29, 0.717) is 0 Å². The van der Waals surface area contributed by atoms with Gasteiger partial charge in [0.05, 0.1) is 0 Å². The van der Waals surface area contributed by atoms with Gasteiger partial charge in [-0.15, -0.1) is 0 Å². The highest BCUT2D eigenvalue weighted by Crippen LogP contribution is 2.32. The Balaban J connectivity index is 2.14. The van der Waals surface area contributed by atoms with Gasteiger partial charge in [-0.3, -0.25) is 4.90 Å². The Labute approximate surface area is 125 Å². The molecule has 1 aromatic carbocycles. The first-order valence-corrected chi connectivity index (χ1v) is 7.52. The Bertz CT molecular complexity index is 431. The van der Waals surface area contributed by atoms with Crippen LogP contribution in [0.5, 0.6) is 0 Å². The second kappa shape index (κ2) is 6.91. The summed E-state index contributed by atoms with van der Waals surface area (Å²) in [4.78, 5) is 2.14. The Morgan fingerprint density at radius 3 is 2.55 bits per heavy atom. The van der Waals surface area contributed by atoms with Crippen molar-refractivity contribution in [3.8, 4) is 0 Å². The summed E-state index contributed by atoms with van der Waals surface area (Å²) in [5.41, 5.74) is 0.950. The largest absolute Gasteiger partial charge is 0.389 e. The topological polar surface area (TPSA) is 15.3 Å². The van der Waals surface area contributed by atoms with Crippen LogP contribution in [0.4, 0.5) is 13.2 Å². The number of piperazine rings is 1. The molecule has 1 heterocycles. The lowest BCUT2D eigenvalue weighted by atomic mass is 9.99. The summed E-state index contributed by atoms with van der Waals surface area (Å²) in [5, 5.41) is 3.23. The quantitative estimate of drug-likeness (QED) is 0.889. The minimum absolute atomic E-state index is 0.111. The zero-order valence-electron chi connectivity index (χ0n) is 11.1. The summed E-state index contributed by atoms with van der Waals surface area (Å²) in [6, 6.07) is 7.43. The number of hydrogen-bond donors (Lipinski definition) is 1. The van der Waals surface area contributed by atoms with E-state index in [1.165, 1.54) is 0 Å². The lowest BCUT2D eigenvalue weighted by Gasteiger charge is -2.35. The van der Waals surface area contributed by atoms with E-state index in [1.54, 1.807) is 0 Å². The fraction of sp³-hybridized carbons (Fsp3) is 0.571. The molecule has 0 aliphatic carbocycles. The van der Waals surface area contributed by atoms with Gasteiger partial charge >= 0.3 is 6.18 Å². The molecule has 1 N–H and O–H groups in total. The molecular weight excluding hydrogens is 333 g/mol. The van der Waals surface area contributed by atoms with Gasteiger partial charge in [-0.1, -0.05) is 28.1 Å². The van der Waals surface area contributed by atoms with Crippen LogP contribution in [0.15, 0.2) is 28.7 Å². The number of rotatable bonds is 4. The second-order valence-electron chi connectivity index (χ2n) is 5.01. The van der Waals surface area contributed by atoms with Crippen molar-refractivity contribution in [3.63, 3.8) is 0 Å². The van der Waals surface area contributed by atoms with Crippen LogP contribution in [-0.4, -0.2) is 37.3 Å². The summed E-state index contributed by atoms with van der Waals surface area (Å²) in [6.45, 7) is 3.23. The van der Waals surface area contributed by atoms with Crippen LogP contribution in [0.2, 0.25) is 0 Å². The van der Waals surface area contributed by atoms with Gasteiger partial charge in [0, 0.05) is 43.1 Å². The van der Waals surface area contributed by atoms with Crippen LogP contribution in [0, 0.1) is 0 Å². The van der Waals surface area contributed by atoms with Gasteiger partial charge in [-0.05, 0) is 24.1 Å². The van der Waals surface area contributed by atoms with Crippen molar-refractivity contribution in [3.05, 3.63) is 34.3 Å². The third kappa shape index (κ3) is 4.75. The van der Waals surface area contributed by atoms with E-state index in [-0.39, 0.29) is 12.5 Å². The van der Waals surface area contributed by atoms with Crippen LogP contribution in [0.25, 0.3) is 0 Å². The molecule has 1 aliphatic rings.